The Bertz CT molecular complexity index is 173. The molecule has 68 valence electrons. The summed E-state index contributed by atoms with van der Waals surface area (Å²) in [6.45, 7) is 2.57. The molecule has 0 aromatic heterocycles. The van der Waals surface area contributed by atoms with E-state index in [0.29, 0.717) is 18.6 Å². The molecule has 1 N–H and O–H groups in total. The Morgan fingerprint density at radius 1 is 1.42 bits per heavy atom. The zero-order chi connectivity index (χ0) is 8.39. The third kappa shape index (κ3) is 1.54. The molecule has 1 unspecified atom stereocenters. The van der Waals surface area contributed by atoms with Gasteiger partial charge in [-0.2, -0.15) is 0 Å². The van der Waals surface area contributed by atoms with E-state index in [9.17, 15) is 0 Å². The summed E-state index contributed by atoms with van der Waals surface area (Å²) in [5.74, 6) is 0.556. The first-order valence-corrected chi connectivity index (χ1v) is 4.91. The molecule has 2 nitrogen and oxygen atoms in total. The summed E-state index contributed by atoms with van der Waals surface area (Å²) in [6, 6.07) is 0.682. The Hall–Kier alpha value is -0.340. The summed E-state index contributed by atoms with van der Waals surface area (Å²) >= 11 is 0. The second-order valence-electron chi connectivity index (χ2n) is 3.93. The van der Waals surface area contributed by atoms with Gasteiger partial charge < -0.3 is 5.11 Å². The van der Waals surface area contributed by atoms with Crippen LogP contribution in [0.2, 0.25) is 0 Å². The molecule has 0 saturated carbocycles. The third-order valence-corrected chi connectivity index (χ3v) is 2.94. The minimum Gasteiger partial charge on any atom is -0.396 e. The number of likely N-dealkylation sites (tertiary alicyclic amines) is 1. The highest BCUT2D eigenvalue weighted by Crippen LogP contribution is 2.24. The van der Waals surface area contributed by atoms with Crippen molar-refractivity contribution in [2.45, 2.75) is 25.3 Å². The van der Waals surface area contributed by atoms with Gasteiger partial charge in [0.1, 0.15) is 0 Å². The van der Waals surface area contributed by atoms with Crippen LogP contribution >= 0.6 is 0 Å². The summed E-state index contributed by atoms with van der Waals surface area (Å²) in [4.78, 5) is 2.47. The van der Waals surface area contributed by atoms with Crippen LogP contribution in [0.4, 0.5) is 0 Å². The van der Waals surface area contributed by atoms with Crippen molar-refractivity contribution in [3.63, 3.8) is 0 Å². The number of hydrogen-bond acceptors (Lipinski definition) is 2. The van der Waals surface area contributed by atoms with Crippen LogP contribution in [0.1, 0.15) is 19.3 Å². The molecule has 0 radical (unpaired) electrons. The van der Waals surface area contributed by atoms with Gasteiger partial charge in [0.2, 0.25) is 0 Å². The quantitative estimate of drug-likeness (QED) is 0.621. The molecule has 0 bridgehead atoms. The van der Waals surface area contributed by atoms with Crippen molar-refractivity contribution in [1.82, 2.24) is 4.90 Å². The van der Waals surface area contributed by atoms with Crippen molar-refractivity contribution in [2.24, 2.45) is 5.92 Å². The summed E-state index contributed by atoms with van der Waals surface area (Å²) in [5.41, 5.74) is 0. The maximum Gasteiger partial charge on any atom is 0.0483 e. The van der Waals surface area contributed by atoms with Gasteiger partial charge in [-0.15, -0.1) is 0 Å². The lowest BCUT2D eigenvalue weighted by Crippen LogP contribution is -2.52. The van der Waals surface area contributed by atoms with E-state index >= 15 is 0 Å². The number of rotatable bonds is 2. The summed E-state index contributed by atoms with van der Waals surface area (Å²) < 4.78 is 0. The van der Waals surface area contributed by atoms with E-state index in [1.165, 1.54) is 19.3 Å². The standard InChI is InChI=1S/C10H17NO/c12-8-9-6-11(7-9)10-4-2-1-3-5-10/h2,4,9-10,12H,1,3,5-8H2. The molecule has 1 saturated heterocycles. The molecule has 0 amide bonds. The second kappa shape index (κ2) is 3.58. The Balaban J connectivity index is 1.79. The predicted molar refractivity (Wildman–Crippen MR) is 48.9 cm³/mol. The molecule has 1 aliphatic carbocycles. The zero-order valence-electron chi connectivity index (χ0n) is 7.45. The average molecular weight is 167 g/mol. The van der Waals surface area contributed by atoms with Crippen LogP contribution in [0.25, 0.3) is 0 Å². The molecule has 12 heavy (non-hydrogen) atoms. The fourth-order valence-corrected chi connectivity index (χ4v) is 2.09. The molecule has 0 aromatic carbocycles. The van der Waals surface area contributed by atoms with Gasteiger partial charge in [-0.25, -0.2) is 0 Å². The highest BCUT2D eigenvalue weighted by molar-refractivity contribution is 5.01. The van der Waals surface area contributed by atoms with Crippen molar-refractivity contribution in [3.8, 4) is 0 Å². The fraction of sp³-hybridized carbons (Fsp3) is 0.800. The maximum absolute atomic E-state index is 8.86. The lowest BCUT2D eigenvalue weighted by Gasteiger charge is -2.43. The summed E-state index contributed by atoms with van der Waals surface area (Å²) in [5, 5.41) is 8.86. The van der Waals surface area contributed by atoms with Crippen molar-refractivity contribution in [1.29, 1.82) is 0 Å². The number of nitrogens with zero attached hydrogens (tertiary/aromatic N) is 1. The summed E-state index contributed by atoms with van der Waals surface area (Å²) in [6.07, 6.45) is 8.53. The van der Waals surface area contributed by atoms with Gasteiger partial charge in [0, 0.05) is 31.7 Å². The van der Waals surface area contributed by atoms with Crippen LogP contribution in [-0.2, 0) is 0 Å². The normalized spacial score (nSPS) is 31.9. The average Bonchev–Trinajstić information content (AvgIpc) is 2.04. The Kier molecular flexibility index (Phi) is 2.47. The van der Waals surface area contributed by atoms with E-state index in [-0.39, 0.29) is 0 Å². The van der Waals surface area contributed by atoms with Gasteiger partial charge in [-0.3, -0.25) is 4.90 Å². The van der Waals surface area contributed by atoms with Crippen LogP contribution in [0.15, 0.2) is 12.2 Å². The topological polar surface area (TPSA) is 23.5 Å². The van der Waals surface area contributed by atoms with E-state index in [1.807, 2.05) is 0 Å². The van der Waals surface area contributed by atoms with Gasteiger partial charge in [0.25, 0.3) is 0 Å². The van der Waals surface area contributed by atoms with Crippen LogP contribution in [0.5, 0.6) is 0 Å². The lowest BCUT2D eigenvalue weighted by molar-refractivity contribution is 0.0297. The van der Waals surface area contributed by atoms with E-state index in [0.717, 1.165) is 13.1 Å². The third-order valence-electron chi connectivity index (χ3n) is 2.94. The molecular weight excluding hydrogens is 150 g/mol. The Morgan fingerprint density at radius 3 is 2.83 bits per heavy atom. The molecule has 2 heteroatoms. The molecule has 0 aromatic rings. The Labute approximate surface area is 73.9 Å². The highest BCUT2D eigenvalue weighted by Gasteiger charge is 2.30. The first-order chi connectivity index (χ1) is 5.90. The van der Waals surface area contributed by atoms with Crippen LogP contribution in [0.3, 0.4) is 0 Å². The summed E-state index contributed by atoms with van der Waals surface area (Å²) in [7, 11) is 0. The van der Waals surface area contributed by atoms with E-state index in [1.54, 1.807) is 0 Å². The molecule has 1 atom stereocenters. The zero-order valence-corrected chi connectivity index (χ0v) is 7.45. The number of aliphatic hydroxyl groups is 1. The van der Waals surface area contributed by atoms with Gasteiger partial charge in [0.05, 0.1) is 0 Å². The van der Waals surface area contributed by atoms with Gasteiger partial charge >= 0.3 is 0 Å². The highest BCUT2D eigenvalue weighted by atomic mass is 16.3. The van der Waals surface area contributed by atoms with E-state index < -0.39 is 0 Å². The molecule has 2 rings (SSSR count). The molecule has 1 heterocycles. The molecule has 0 spiro atoms. The second-order valence-corrected chi connectivity index (χ2v) is 3.93. The number of aliphatic hydroxyl groups excluding tert-OH is 1. The minimum atomic E-state index is 0.368. The van der Waals surface area contributed by atoms with Crippen molar-refractivity contribution < 1.29 is 5.11 Å². The first-order valence-electron chi connectivity index (χ1n) is 4.91. The molecular formula is C10H17NO. The molecule has 1 aliphatic heterocycles. The first kappa shape index (κ1) is 8.27. The largest absolute Gasteiger partial charge is 0.396 e. The minimum absolute atomic E-state index is 0.368. The van der Waals surface area contributed by atoms with Crippen molar-refractivity contribution in [2.75, 3.05) is 19.7 Å². The predicted octanol–water partition coefficient (Wildman–Crippen LogP) is 1.02. The van der Waals surface area contributed by atoms with Gasteiger partial charge in [-0.05, 0) is 19.3 Å². The van der Waals surface area contributed by atoms with Crippen LogP contribution in [-0.4, -0.2) is 35.7 Å². The van der Waals surface area contributed by atoms with E-state index in [2.05, 4.69) is 17.1 Å². The fourth-order valence-electron chi connectivity index (χ4n) is 2.09. The maximum atomic E-state index is 8.86. The van der Waals surface area contributed by atoms with Crippen LogP contribution < -0.4 is 0 Å². The SMILES string of the molecule is OCC1CN(C2C=CCCC2)C1. The van der Waals surface area contributed by atoms with Gasteiger partial charge in [0.15, 0.2) is 0 Å². The van der Waals surface area contributed by atoms with Gasteiger partial charge in [-0.1, -0.05) is 12.2 Å². The van der Waals surface area contributed by atoms with Crippen molar-refractivity contribution in [3.05, 3.63) is 12.2 Å². The molecule has 2 aliphatic rings. The smallest absolute Gasteiger partial charge is 0.0483 e. The van der Waals surface area contributed by atoms with Crippen molar-refractivity contribution >= 4 is 0 Å². The lowest BCUT2D eigenvalue weighted by atomic mass is 9.93. The van der Waals surface area contributed by atoms with E-state index in [4.69, 9.17) is 5.11 Å². The molecule has 1 fully saturated rings. The number of hydrogen-bond donors (Lipinski definition) is 1. The monoisotopic (exact) mass is 167 g/mol. The van der Waals surface area contributed by atoms with Crippen LogP contribution in [0, 0.1) is 5.92 Å². The Morgan fingerprint density at radius 2 is 2.25 bits per heavy atom. The number of allylic oxidation sites excluding steroid dienone is 1.